The molecule has 0 spiro atoms. The number of nitrogens with one attached hydrogen (secondary N) is 5. The van der Waals surface area contributed by atoms with E-state index in [-0.39, 0.29) is 62.4 Å². The Morgan fingerprint density at radius 2 is 1.36 bits per heavy atom. The Kier molecular flexibility index (Phi) is 31.9. The number of hydrogen-bond donors (Lipinski definition) is 7. The molecule has 1 saturated heterocycles. The van der Waals surface area contributed by atoms with Gasteiger partial charge in [-0.25, -0.2) is 4.79 Å². The fourth-order valence-corrected chi connectivity index (χ4v) is 11.2. The maximum Gasteiger partial charge on any atom is 0.410 e. The van der Waals surface area contributed by atoms with E-state index in [9.17, 15) is 48.3 Å². The van der Waals surface area contributed by atoms with Crippen LogP contribution in [-0.4, -0.2) is 176 Å². The largest absolute Gasteiger partial charge is 0.469 e. The van der Waals surface area contributed by atoms with Crippen LogP contribution in [0.2, 0.25) is 0 Å². The number of nitrogens with zero attached hydrogens (tertiary/aromatic N) is 3. The van der Waals surface area contributed by atoms with Gasteiger partial charge in [0.1, 0.15) is 30.8 Å². The number of amides is 8. The van der Waals surface area contributed by atoms with Crippen LogP contribution in [0.3, 0.4) is 0 Å². The van der Waals surface area contributed by atoms with Crippen molar-refractivity contribution in [2.75, 3.05) is 53.8 Å². The minimum absolute atomic E-state index is 0.00917. The number of likely N-dealkylation sites (N-methyl/N-ethyl adjacent to an activating group) is 2. The Bertz CT molecular complexity index is 2520. The van der Waals surface area contributed by atoms with Gasteiger partial charge >= 0.3 is 12.1 Å². The molecule has 1 aliphatic rings. The molecule has 488 valence electrons. The molecule has 0 aromatic heterocycles. The smallest absolute Gasteiger partial charge is 0.410 e. The van der Waals surface area contributed by atoms with Gasteiger partial charge in [0, 0.05) is 53.4 Å². The van der Waals surface area contributed by atoms with E-state index in [1.165, 1.54) is 33.3 Å². The normalized spacial score (nSPS) is 17.1. The third-order valence-electron chi connectivity index (χ3n) is 16.5. The van der Waals surface area contributed by atoms with E-state index in [1.54, 1.807) is 94.8 Å². The van der Waals surface area contributed by atoms with Crippen molar-refractivity contribution >= 4 is 59.1 Å². The van der Waals surface area contributed by atoms with Crippen LogP contribution in [0.5, 0.6) is 0 Å². The van der Waals surface area contributed by atoms with Crippen molar-refractivity contribution in [1.29, 1.82) is 0 Å². The molecule has 2 aromatic carbocycles. The first-order valence-corrected chi connectivity index (χ1v) is 30.8. The van der Waals surface area contributed by atoms with E-state index in [0.717, 1.165) is 0 Å². The molecule has 1 fully saturated rings. The zero-order valence-corrected chi connectivity index (χ0v) is 54.2. The number of rotatable bonds is 36. The van der Waals surface area contributed by atoms with Gasteiger partial charge < -0.3 is 66.2 Å². The van der Waals surface area contributed by atoms with Crippen LogP contribution < -0.4 is 32.3 Å². The predicted octanol–water partition coefficient (Wildman–Crippen LogP) is 5.62. The number of ether oxygens (including phenoxy) is 4. The molecular weight excluding hydrogens is 1120 g/mol. The van der Waals surface area contributed by atoms with Crippen LogP contribution in [-0.2, 0) is 63.9 Å². The third kappa shape index (κ3) is 22.4. The molecule has 1 heterocycles. The molecule has 87 heavy (non-hydrogen) atoms. The quantitative estimate of drug-likeness (QED) is 0.0322. The third-order valence-corrected chi connectivity index (χ3v) is 16.5. The van der Waals surface area contributed by atoms with Gasteiger partial charge in [-0.3, -0.25) is 43.3 Å². The fraction of sp³-hybridized carbons (Fsp3) is 0.672. The van der Waals surface area contributed by atoms with Crippen molar-refractivity contribution in [3.05, 3.63) is 65.7 Å². The van der Waals surface area contributed by atoms with E-state index in [2.05, 4.69) is 31.3 Å². The molecule has 1 unspecified atom stereocenters. The summed E-state index contributed by atoms with van der Waals surface area (Å²) in [6.07, 6.45) is 0.432. The lowest BCUT2D eigenvalue weighted by molar-refractivity contribution is -0.148. The topological polar surface area (TPSA) is 307 Å². The lowest BCUT2D eigenvalue weighted by Crippen LogP contribution is -2.60. The highest BCUT2D eigenvalue weighted by Crippen LogP contribution is 2.30. The number of methoxy groups -OCH3 is 3. The molecule has 2 aromatic rings. The lowest BCUT2D eigenvalue weighted by atomic mass is 9.89. The number of hydrogen-bond acceptors (Lipinski definition) is 15. The van der Waals surface area contributed by atoms with Crippen LogP contribution in [0.25, 0.3) is 0 Å². The summed E-state index contributed by atoms with van der Waals surface area (Å²) in [5.41, 5.74) is 7.37. The fourth-order valence-electron chi connectivity index (χ4n) is 11.2. The molecular formula is C64H103N9O14. The highest BCUT2D eigenvalue weighted by molar-refractivity contribution is 5.98. The minimum Gasteiger partial charge on any atom is -0.469 e. The number of likely N-dealkylation sites (tertiary alicyclic amines) is 1. The van der Waals surface area contributed by atoms with E-state index >= 15 is 0 Å². The molecule has 0 saturated carbocycles. The highest BCUT2D eigenvalue weighted by atomic mass is 16.6. The molecule has 8 amide bonds. The van der Waals surface area contributed by atoms with Gasteiger partial charge in [-0.15, -0.1) is 0 Å². The Hall–Kier alpha value is -6.69. The van der Waals surface area contributed by atoms with Gasteiger partial charge in [-0.1, -0.05) is 111 Å². The first-order valence-electron chi connectivity index (χ1n) is 30.8. The molecule has 23 heteroatoms. The molecule has 1 aliphatic heterocycles. The average molecular weight is 1220 g/mol. The zero-order chi connectivity index (χ0) is 65.2. The summed E-state index contributed by atoms with van der Waals surface area (Å²) in [5.74, 6) is -5.40. The van der Waals surface area contributed by atoms with Crippen LogP contribution in [0, 0.1) is 29.6 Å². The molecule has 12 atom stereocenters. The van der Waals surface area contributed by atoms with E-state index in [0.29, 0.717) is 62.0 Å². The molecule has 3 rings (SSSR count). The van der Waals surface area contributed by atoms with Gasteiger partial charge in [-0.2, -0.15) is 0 Å². The first-order chi connectivity index (χ1) is 41.2. The number of nitrogens with two attached hydrogens (primary N) is 1. The second kappa shape index (κ2) is 37.2. The SMILES string of the molecule is CC[C@@H](C)[C@H]([C@H](CC(=O)N1CCC[C@@H]1[C@@H](OC)[C@H](C)C(=O)N[C@@H](C)[C@H](O)c1ccccc1)OC)N(C)C(=O)[C@H](NC(=O)[C@@H](C(C)C)N(C)C(=O)OCc1ccc(NC(=O)C(CCCCN)NC(=O)[C@H](NC(=O)CCCC(=O)OC)C(C)C)cc1)C(C)C. The van der Waals surface area contributed by atoms with Crippen molar-refractivity contribution < 1.29 is 67.2 Å². The van der Waals surface area contributed by atoms with Gasteiger partial charge in [0.05, 0.1) is 55.9 Å². The number of anilines is 1. The van der Waals surface area contributed by atoms with Gasteiger partial charge in [0.25, 0.3) is 0 Å². The number of carbonyl (C=O) groups excluding carboxylic acids is 9. The summed E-state index contributed by atoms with van der Waals surface area (Å²) in [6.45, 7) is 18.8. The zero-order valence-electron chi connectivity index (χ0n) is 54.2. The van der Waals surface area contributed by atoms with E-state index < -0.39 is 120 Å². The summed E-state index contributed by atoms with van der Waals surface area (Å²) in [7, 11) is 7.38. The Morgan fingerprint density at radius 1 is 0.713 bits per heavy atom. The number of esters is 1. The number of aliphatic hydroxyl groups is 1. The molecule has 8 N–H and O–H groups in total. The second-order valence-electron chi connectivity index (χ2n) is 24.1. The van der Waals surface area contributed by atoms with Crippen LogP contribution in [0.1, 0.15) is 151 Å². The lowest BCUT2D eigenvalue weighted by Gasteiger charge is -2.41. The van der Waals surface area contributed by atoms with E-state index in [1.807, 2.05) is 45.9 Å². The summed E-state index contributed by atoms with van der Waals surface area (Å²) in [4.78, 5) is 127. The van der Waals surface area contributed by atoms with Crippen LogP contribution in [0.15, 0.2) is 54.6 Å². The first kappa shape index (κ1) is 74.6. The van der Waals surface area contributed by atoms with Crippen molar-refractivity contribution in [3.8, 4) is 0 Å². The van der Waals surface area contributed by atoms with Crippen molar-refractivity contribution in [2.24, 2.45) is 35.3 Å². The Labute approximate surface area is 516 Å². The second-order valence-corrected chi connectivity index (χ2v) is 24.1. The average Bonchev–Trinajstić information content (AvgIpc) is 3.49. The summed E-state index contributed by atoms with van der Waals surface area (Å²) in [6, 6.07) is 9.97. The van der Waals surface area contributed by atoms with Crippen LogP contribution >= 0.6 is 0 Å². The highest BCUT2D eigenvalue weighted by Gasteiger charge is 2.44. The maximum absolute atomic E-state index is 14.8. The molecule has 0 bridgehead atoms. The molecule has 0 radical (unpaired) electrons. The van der Waals surface area contributed by atoms with Gasteiger partial charge in [-0.05, 0) is 98.9 Å². The van der Waals surface area contributed by atoms with Crippen LogP contribution in [0.4, 0.5) is 10.5 Å². The molecule has 0 aliphatic carbocycles. The minimum atomic E-state index is -1.06. The molecule has 23 nitrogen and oxygen atoms in total. The predicted molar refractivity (Wildman–Crippen MR) is 331 cm³/mol. The van der Waals surface area contributed by atoms with Crippen molar-refractivity contribution in [1.82, 2.24) is 36.0 Å². The summed E-state index contributed by atoms with van der Waals surface area (Å²) < 4.78 is 22.4. The monoisotopic (exact) mass is 1220 g/mol. The number of aliphatic hydroxyl groups excluding tert-OH is 1. The van der Waals surface area contributed by atoms with Gasteiger partial charge in [0.2, 0.25) is 41.4 Å². The summed E-state index contributed by atoms with van der Waals surface area (Å²) >= 11 is 0. The van der Waals surface area contributed by atoms with Crippen molar-refractivity contribution in [2.45, 2.75) is 201 Å². The number of carbonyl (C=O) groups is 9. The maximum atomic E-state index is 14.8. The Balaban J connectivity index is 1.69. The summed E-state index contributed by atoms with van der Waals surface area (Å²) in [5, 5.41) is 25.2. The van der Waals surface area contributed by atoms with Crippen molar-refractivity contribution in [3.63, 3.8) is 0 Å². The number of benzene rings is 2. The van der Waals surface area contributed by atoms with Gasteiger partial charge in [0.15, 0.2) is 0 Å². The standard InChI is InChI=1S/C64H103N9O14/c1-16-41(8)56(49(84-13)36-51(75)73-35-23-27-48(73)58(86-15)42(9)59(78)66-43(10)57(77)45-24-18-17-19-25-45)71(11)63(82)54(39(4)5)70-62(81)55(40(6)7)72(12)64(83)87-37-44-30-32-46(33-31-44)67-60(79)47(26-20-21-34-65)68-61(80)53(38(2)3)69-50(74)28-22-29-52(76)85-14/h17-19,24-25,30-33,38-43,47-49,53-58,77H,16,20-23,26-29,34-37,65H2,1-15H3,(H,66,78)(H,67,79)(H,68,80)(H,69,74)(H,70,81)/t41-,42+,43+,47?,48-,49+,53-,54-,55-,56-,57+,58+/m1/s1. The Morgan fingerprint density at radius 3 is 1.92 bits per heavy atom. The number of unbranched alkanes of at least 4 members (excludes halogenated alkanes) is 1. The van der Waals surface area contributed by atoms with E-state index in [4.69, 9.17) is 19.9 Å².